The number of hydrogen-bond donors (Lipinski definition) is 0. The second kappa shape index (κ2) is 5.33. The number of hydrogen-bond acceptors (Lipinski definition) is 5. The number of ether oxygens (including phenoxy) is 2. The summed E-state index contributed by atoms with van der Waals surface area (Å²) in [5, 5.41) is 5.13. The Bertz CT molecular complexity index is 689. The summed E-state index contributed by atoms with van der Waals surface area (Å²) in [5.74, 6) is 0.467. The highest BCUT2D eigenvalue weighted by atomic mass is 16.5. The highest BCUT2D eigenvalue weighted by Crippen LogP contribution is 2.31. The number of aromatic nitrogens is 3. The van der Waals surface area contributed by atoms with Crippen molar-refractivity contribution in [3.63, 3.8) is 0 Å². The molecule has 2 aromatic rings. The predicted molar refractivity (Wildman–Crippen MR) is 76.5 cm³/mol. The molecular formula is C14H18N4O3. The summed E-state index contributed by atoms with van der Waals surface area (Å²) >= 11 is 0. The SMILES string of the molecule is COc1c(C(=O)N2CCOCC2)cnc2c1c(C)nn2C. The molecule has 1 amide bonds. The molecule has 0 radical (unpaired) electrons. The zero-order chi connectivity index (χ0) is 15.0. The fourth-order valence-corrected chi connectivity index (χ4v) is 2.68. The van der Waals surface area contributed by atoms with Crippen LogP contribution in [-0.4, -0.2) is 59.0 Å². The summed E-state index contributed by atoms with van der Waals surface area (Å²) in [6.07, 6.45) is 1.57. The maximum atomic E-state index is 12.7. The first-order valence-corrected chi connectivity index (χ1v) is 6.86. The molecule has 7 nitrogen and oxygen atoms in total. The number of methoxy groups -OCH3 is 1. The van der Waals surface area contributed by atoms with Gasteiger partial charge >= 0.3 is 0 Å². The fraction of sp³-hybridized carbons (Fsp3) is 0.500. The van der Waals surface area contributed by atoms with Gasteiger partial charge in [-0.15, -0.1) is 0 Å². The van der Waals surface area contributed by atoms with E-state index in [1.165, 1.54) is 0 Å². The summed E-state index contributed by atoms with van der Waals surface area (Å²) in [4.78, 5) is 18.8. The smallest absolute Gasteiger partial charge is 0.259 e. The molecule has 0 spiro atoms. The largest absolute Gasteiger partial charge is 0.495 e. The number of fused-ring (bicyclic) bond motifs is 1. The van der Waals surface area contributed by atoms with Crippen LogP contribution in [0.1, 0.15) is 16.1 Å². The van der Waals surface area contributed by atoms with Gasteiger partial charge in [-0.1, -0.05) is 0 Å². The topological polar surface area (TPSA) is 69.5 Å². The minimum atomic E-state index is -0.0761. The van der Waals surface area contributed by atoms with Crippen molar-refractivity contribution in [2.75, 3.05) is 33.4 Å². The molecule has 1 aliphatic rings. The first kappa shape index (κ1) is 13.8. The van der Waals surface area contributed by atoms with Crippen LogP contribution < -0.4 is 4.74 Å². The van der Waals surface area contributed by atoms with E-state index in [0.717, 1.165) is 11.1 Å². The van der Waals surface area contributed by atoms with Crippen LogP contribution in [0.2, 0.25) is 0 Å². The minimum absolute atomic E-state index is 0.0761. The molecule has 1 saturated heterocycles. The minimum Gasteiger partial charge on any atom is -0.495 e. The van der Waals surface area contributed by atoms with Gasteiger partial charge in [0.2, 0.25) is 0 Å². The average Bonchev–Trinajstić information content (AvgIpc) is 2.81. The van der Waals surface area contributed by atoms with Crippen molar-refractivity contribution >= 4 is 16.9 Å². The number of pyridine rings is 1. The quantitative estimate of drug-likeness (QED) is 0.816. The second-order valence-corrected chi connectivity index (χ2v) is 5.02. The highest BCUT2D eigenvalue weighted by Gasteiger charge is 2.25. The third-order valence-electron chi connectivity index (χ3n) is 3.71. The Kier molecular flexibility index (Phi) is 3.50. The predicted octanol–water partition coefficient (Wildman–Crippen LogP) is 0.758. The van der Waals surface area contributed by atoms with Crippen molar-refractivity contribution in [3.05, 3.63) is 17.5 Å². The van der Waals surface area contributed by atoms with Crippen molar-refractivity contribution in [1.29, 1.82) is 0 Å². The van der Waals surface area contributed by atoms with Crippen LogP contribution in [0, 0.1) is 6.92 Å². The van der Waals surface area contributed by atoms with E-state index >= 15 is 0 Å². The molecule has 1 fully saturated rings. The average molecular weight is 290 g/mol. The molecule has 0 atom stereocenters. The Morgan fingerprint density at radius 2 is 2.10 bits per heavy atom. The van der Waals surface area contributed by atoms with Crippen molar-refractivity contribution in [1.82, 2.24) is 19.7 Å². The van der Waals surface area contributed by atoms with Gasteiger partial charge < -0.3 is 14.4 Å². The first-order chi connectivity index (χ1) is 10.1. The van der Waals surface area contributed by atoms with E-state index in [2.05, 4.69) is 10.1 Å². The van der Waals surface area contributed by atoms with Gasteiger partial charge in [-0.05, 0) is 6.92 Å². The maximum absolute atomic E-state index is 12.7. The highest BCUT2D eigenvalue weighted by molar-refractivity contribution is 6.02. The summed E-state index contributed by atoms with van der Waals surface area (Å²) < 4.78 is 12.5. The van der Waals surface area contributed by atoms with Crippen LogP contribution in [0.5, 0.6) is 5.75 Å². The van der Waals surface area contributed by atoms with E-state index in [0.29, 0.717) is 43.3 Å². The van der Waals surface area contributed by atoms with Gasteiger partial charge in [0.05, 0.1) is 31.4 Å². The van der Waals surface area contributed by atoms with Crippen LogP contribution in [0.15, 0.2) is 6.20 Å². The molecule has 7 heteroatoms. The monoisotopic (exact) mass is 290 g/mol. The summed E-state index contributed by atoms with van der Waals surface area (Å²) in [6, 6.07) is 0. The molecule has 3 rings (SSSR count). The van der Waals surface area contributed by atoms with Crippen molar-refractivity contribution < 1.29 is 14.3 Å². The summed E-state index contributed by atoms with van der Waals surface area (Å²) in [5.41, 5.74) is 1.99. The van der Waals surface area contributed by atoms with Gasteiger partial charge in [-0.25, -0.2) is 4.98 Å². The lowest BCUT2D eigenvalue weighted by Crippen LogP contribution is -2.40. The first-order valence-electron chi connectivity index (χ1n) is 6.86. The van der Waals surface area contributed by atoms with Crippen LogP contribution >= 0.6 is 0 Å². The van der Waals surface area contributed by atoms with Crippen molar-refractivity contribution in [3.8, 4) is 5.75 Å². The van der Waals surface area contributed by atoms with Crippen LogP contribution in [-0.2, 0) is 11.8 Å². The molecule has 0 aromatic carbocycles. The van der Waals surface area contributed by atoms with E-state index in [9.17, 15) is 4.79 Å². The zero-order valence-electron chi connectivity index (χ0n) is 12.4. The number of nitrogens with zero attached hydrogens (tertiary/aromatic N) is 4. The summed E-state index contributed by atoms with van der Waals surface area (Å²) in [6.45, 7) is 4.19. The molecule has 0 aliphatic carbocycles. The molecule has 21 heavy (non-hydrogen) atoms. The van der Waals surface area contributed by atoms with Gasteiger partial charge in [0, 0.05) is 26.3 Å². The Morgan fingerprint density at radius 1 is 1.38 bits per heavy atom. The Balaban J connectivity index is 2.09. The number of rotatable bonds is 2. The molecule has 0 N–H and O–H groups in total. The molecule has 0 unspecified atom stereocenters. The van der Waals surface area contributed by atoms with Crippen molar-refractivity contribution in [2.45, 2.75) is 6.92 Å². The number of carbonyl (C=O) groups excluding carboxylic acids is 1. The fourth-order valence-electron chi connectivity index (χ4n) is 2.68. The van der Waals surface area contributed by atoms with Crippen LogP contribution in [0.3, 0.4) is 0 Å². The number of morpholine rings is 1. The van der Waals surface area contributed by atoms with Gasteiger partial charge in [0.25, 0.3) is 5.91 Å². The summed E-state index contributed by atoms with van der Waals surface area (Å²) in [7, 11) is 3.39. The molecule has 112 valence electrons. The van der Waals surface area contributed by atoms with Gasteiger partial charge in [-0.2, -0.15) is 5.10 Å². The van der Waals surface area contributed by atoms with E-state index < -0.39 is 0 Å². The van der Waals surface area contributed by atoms with Gasteiger partial charge in [-0.3, -0.25) is 9.48 Å². The number of aryl methyl sites for hydroxylation is 2. The zero-order valence-corrected chi connectivity index (χ0v) is 12.4. The van der Waals surface area contributed by atoms with Gasteiger partial charge in [0.15, 0.2) is 5.65 Å². The molecule has 0 bridgehead atoms. The molecule has 1 aliphatic heterocycles. The standard InChI is InChI=1S/C14H18N4O3/c1-9-11-12(20-3)10(8-15-13(11)17(2)16-9)14(19)18-4-6-21-7-5-18/h8H,4-7H2,1-3H3. The molecule has 3 heterocycles. The lowest BCUT2D eigenvalue weighted by Gasteiger charge is -2.27. The lowest BCUT2D eigenvalue weighted by atomic mass is 10.1. The second-order valence-electron chi connectivity index (χ2n) is 5.02. The van der Waals surface area contributed by atoms with Gasteiger partial charge in [0.1, 0.15) is 11.3 Å². The van der Waals surface area contributed by atoms with E-state index in [-0.39, 0.29) is 5.91 Å². The van der Waals surface area contributed by atoms with E-state index in [1.807, 2.05) is 14.0 Å². The number of amides is 1. The normalized spacial score (nSPS) is 15.5. The van der Waals surface area contributed by atoms with E-state index in [4.69, 9.17) is 9.47 Å². The Labute approximate surface area is 122 Å². The van der Waals surface area contributed by atoms with Crippen LogP contribution in [0.4, 0.5) is 0 Å². The number of carbonyl (C=O) groups is 1. The third kappa shape index (κ3) is 2.23. The Morgan fingerprint density at radius 3 is 2.76 bits per heavy atom. The molecule has 0 saturated carbocycles. The maximum Gasteiger partial charge on any atom is 0.259 e. The molecular weight excluding hydrogens is 272 g/mol. The van der Waals surface area contributed by atoms with Crippen molar-refractivity contribution in [2.24, 2.45) is 7.05 Å². The van der Waals surface area contributed by atoms with Crippen LogP contribution in [0.25, 0.3) is 11.0 Å². The third-order valence-corrected chi connectivity index (χ3v) is 3.71. The van der Waals surface area contributed by atoms with E-state index in [1.54, 1.807) is 22.9 Å². The molecule has 2 aromatic heterocycles. The lowest BCUT2D eigenvalue weighted by molar-refractivity contribution is 0.0301. The Hall–Kier alpha value is -2.15.